The summed E-state index contributed by atoms with van der Waals surface area (Å²) in [6, 6.07) is 7.53. The Morgan fingerprint density at radius 3 is 2.44 bits per heavy atom. The van der Waals surface area contributed by atoms with Gasteiger partial charge in [-0.05, 0) is 51.5 Å². The van der Waals surface area contributed by atoms with Gasteiger partial charge >= 0.3 is 5.97 Å². The first-order chi connectivity index (χ1) is 8.37. The van der Waals surface area contributed by atoms with E-state index in [0.29, 0.717) is 6.42 Å². The van der Waals surface area contributed by atoms with E-state index in [1.165, 1.54) is 0 Å². The Hall–Kier alpha value is -1.71. The van der Waals surface area contributed by atoms with Crippen molar-refractivity contribution < 1.29 is 9.53 Å². The summed E-state index contributed by atoms with van der Waals surface area (Å²) in [7, 11) is 0. The standard InChI is InChI=1S/C14H22N2O2/c1-14(2,3)18-13(17)5-4-10-16-12-8-6-11(15)7-9-12/h6-9,16H,4-5,10,15H2,1-3H3. The zero-order chi connectivity index (χ0) is 13.6. The number of nitrogen functional groups attached to an aromatic ring is 1. The van der Waals surface area contributed by atoms with Gasteiger partial charge in [0.05, 0.1) is 0 Å². The maximum atomic E-state index is 11.4. The molecule has 0 fully saturated rings. The van der Waals surface area contributed by atoms with Gasteiger partial charge < -0.3 is 15.8 Å². The van der Waals surface area contributed by atoms with Gasteiger partial charge in [-0.2, -0.15) is 0 Å². The minimum absolute atomic E-state index is 0.151. The highest BCUT2D eigenvalue weighted by Gasteiger charge is 2.15. The van der Waals surface area contributed by atoms with Crippen LogP contribution in [-0.2, 0) is 9.53 Å². The third kappa shape index (κ3) is 6.13. The average Bonchev–Trinajstić information content (AvgIpc) is 2.24. The van der Waals surface area contributed by atoms with Crippen molar-refractivity contribution in [1.29, 1.82) is 0 Å². The van der Waals surface area contributed by atoms with Crippen molar-refractivity contribution in [2.24, 2.45) is 0 Å². The highest BCUT2D eigenvalue weighted by Crippen LogP contribution is 2.11. The Morgan fingerprint density at radius 2 is 1.89 bits per heavy atom. The molecule has 0 radical (unpaired) electrons. The van der Waals surface area contributed by atoms with Crippen LogP contribution in [0.5, 0.6) is 0 Å². The van der Waals surface area contributed by atoms with E-state index in [1.54, 1.807) is 0 Å². The molecule has 0 spiro atoms. The van der Waals surface area contributed by atoms with E-state index >= 15 is 0 Å². The molecule has 0 saturated carbocycles. The molecule has 18 heavy (non-hydrogen) atoms. The van der Waals surface area contributed by atoms with E-state index in [-0.39, 0.29) is 5.97 Å². The third-order valence-corrected chi connectivity index (χ3v) is 2.22. The number of ether oxygens (including phenoxy) is 1. The molecule has 4 nitrogen and oxygen atoms in total. The molecule has 100 valence electrons. The third-order valence-electron chi connectivity index (χ3n) is 2.22. The van der Waals surface area contributed by atoms with Gasteiger partial charge in [0.15, 0.2) is 0 Å². The number of nitrogens with two attached hydrogens (primary N) is 1. The fraction of sp³-hybridized carbons (Fsp3) is 0.500. The topological polar surface area (TPSA) is 64.3 Å². The first kappa shape index (κ1) is 14.4. The summed E-state index contributed by atoms with van der Waals surface area (Å²) in [6.45, 7) is 6.36. The lowest BCUT2D eigenvalue weighted by atomic mass is 10.2. The highest BCUT2D eigenvalue weighted by molar-refractivity contribution is 5.69. The van der Waals surface area contributed by atoms with Crippen molar-refractivity contribution in [3.63, 3.8) is 0 Å². The highest BCUT2D eigenvalue weighted by atomic mass is 16.6. The lowest BCUT2D eigenvalue weighted by Crippen LogP contribution is -2.24. The summed E-state index contributed by atoms with van der Waals surface area (Å²) >= 11 is 0. The molecule has 0 aliphatic carbocycles. The molecule has 0 aliphatic heterocycles. The Balaban J connectivity index is 2.19. The van der Waals surface area contributed by atoms with E-state index in [4.69, 9.17) is 10.5 Å². The van der Waals surface area contributed by atoms with Gasteiger partial charge in [-0.25, -0.2) is 0 Å². The van der Waals surface area contributed by atoms with E-state index in [2.05, 4.69) is 5.32 Å². The van der Waals surface area contributed by atoms with Crippen LogP contribution in [0, 0.1) is 0 Å². The van der Waals surface area contributed by atoms with Gasteiger partial charge in [-0.15, -0.1) is 0 Å². The van der Waals surface area contributed by atoms with Crippen LogP contribution in [0.1, 0.15) is 33.6 Å². The van der Waals surface area contributed by atoms with Crippen molar-refractivity contribution >= 4 is 17.3 Å². The van der Waals surface area contributed by atoms with Crippen LogP contribution in [0.4, 0.5) is 11.4 Å². The lowest BCUT2D eigenvalue weighted by Gasteiger charge is -2.19. The molecule has 0 aromatic heterocycles. The second-order valence-corrected chi connectivity index (χ2v) is 5.24. The van der Waals surface area contributed by atoms with Crippen LogP contribution >= 0.6 is 0 Å². The number of nitrogens with one attached hydrogen (secondary N) is 1. The maximum Gasteiger partial charge on any atom is 0.306 e. The number of benzene rings is 1. The molecule has 1 aromatic rings. The molecule has 0 atom stereocenters. The van der Waals surface area contributed by atoms with E-state index in [9.17, 15) is 4.79 Å². The normalized spacial score (nSPS) is 11.1. The quantitative estimate of drug-likeness (QED) is 0.479. The molecule has 1 aromatic carbocycles. The van der Waals surface area contributed by atoms with Gasteiger partial charge in [-0.1, -0.05) is 0 Å². The predicted octanol–water partition coefficient (Wildman–Crippen LogP) is 2.80. The Bertz CT molecular complexity index is 380. The van der Waals surface area contributed by atoms with Crippen molar-refractivity contribution in [3.8, 4) is 0 Å². The molecule has 0 amide bonds. The molecule has 0 aliphatic rings. The predicted molar refractivity (Wildman–Crippen MR) is 74.4 cm³/mol. The smallest absolute Gasteiger partial charge is 0.306 e. The SMILES string of the molecule is CC(C)(C)OC(=O)CCCNc1ccc(N)cc1. The van der Waals surface area contributed by atoms with E-state index in [0.717, 1.165) is 24.3 Å². The fourth-order valence-electron chi connectivity index (χ4n) is 1.46. The first-order valence-corrected chi connectivity index (χ1v) is 6.18. The number of anilines is 2. The summed E-state index contributed by atoms with van der Waals surface area (Å²) in [6.07, 6.45) is 1.18. The fourth-order valence-corrected chi connectivity index (χ4v) is 1.46. The minimum Gasteiger partial charge on any atom is -0.460 e. The molecular formula is C14H22N2O2. The summed E-state index contributed by atoms with van der Waals surface area (Å²) in [4.78, 5) is 11.4. The number of carbonyl (C=O) groups is 1. The van der Waals surface area contributed by atoms with Crippen LogP contribution in [-0.4, -0.2) is 18.1 Å². The zero-order valence-corrected chi connectivity index (χ0v) is 11.3. The van der Waals surface area contributed by atoms with Crippen LogP contribution in [0.3, 0.4) is 0 Å². The Labute approximate surface area is 109 Å². The van der Waals surface area contributed by atoms with Crippen LogP contribution in [0.15, 0.2) is 24.3 Å². The number of esters is 1. The second kappa shape index (κ2) is 6.28. The van der Waals surface area contributed by atoms with E-state index in [1.807, 2.05) is 45.0 Å². The molecule has 0 unspecified atom stereocenters. The van der Waals surface area contributed by atoms with Crippen LogP contribution < -0.4 is 11.1 Å². The van der Waals surface area contributed by atoms with Crippen LogP contribution in [0.2, 0.25) is 0 Å². The largest absolute Gasteiger partial charge is 0.460 e. The molecule has 1 rings (SSSR count). The summed E-state index contributed by atoms with van der Waals surface area (Å²) in [5, 5.41) is 3.23. The second-order valence-electron chi connectivity index (χ2n) is 5.24. The van der Waals surface area contributed by atoms with Gasteiger partial charge in [-0.3, -0.25) is 4.79 Å². The van der Waals surface area contributed by atoms with Crippen molar-refractivity contribution in [2.75, 3.05) is 17.6 Å². The molecule has 0 heterocycles. The molecule has 4 heteroatoms. The van der Waals surface area contributed by atoms with Crippen LogP contribution in [0.25, 0.3) is 0 Å². The number of carbonyl (C=O) groups excluding carboxylic acids is 1. The summed E-state index contributed by atoms with van der Waals surface area (Å²) in [5.74, 6) is -0.151. The number of hydrogen-bond donors (Lipinski definition) is 2. The van der Waals surface area contributed by atoms with Crippen molar-refractivity contribution in [1.82, 2.24) is 0 Å². The molecule has 0 saturated heterocycles. The lowest BCUT2D eigenvalue weighted by molar-refractivity contribution is -0.154. The molecule has 0 bridgehead atoms. The Morgan fingerprint density at radius 1 is 1.28 bits per heavy atom. The van der Waals surface area contributed by atoms with Gasteiger partial charge in [0, 0.05) is 24.3 Å². The average molecular weight is 250 g/mol. The maximum absolute atomic E-state index is 11.4. The molecular weight excluding hydrogens is 228 g/mol. The van der Waals surface area contributed by atoms with Gasteiger partial charge in [0.1, 0.15) is 5.60 Å². The van der Waals surface area contributed by atoms with Crippen molar-refractivity contribution in [2.45, 2.75) is 39.2 Å². The monoisotopic (exact) mass is 250 g/mol. The number of hydrogen-bond acceptors (Lipinski definition) is 4. The Kier molecular flexibility index (Phi) is 5.01. The number of rotatable bonds is 5. The summed E-state index contributed by atoms with van der Waals surface area (Å²) < 4.78 is 5.22. The van der Waals surface area contributed by atoms with Crippen molar-refractivity contribution in [3.05, 3.63) is 24.3 Å². The van der Waals surface area contributed by atoms with Gasteiger partial charge in [0.2, 0.25) is 0 Å². The first-order valence-electron chi connectivity index (χ1n) is 6.18. The molecule has 3 N–H and O–H groups in total. The zero-order valence-electron chi connectivity index (χ0n) is 11.3. The van der Waals surface area contributed by atoms with Gasteiger partial charge in [0.25, 0.3) is 0 Å². The minimum atomic E-state index is -0.401. The van der Waals surface area contributed by atoms with E-state index < -0.39 is 5.60 Å². The summed E-state index contributed by atoms with van der Waals surface area (Å²) in [5.41, 5.74) is 6.94.